The van der Waals surface area contributed by atoms with Crippen molar-refractivity contribution in [2.45, 2.75) is 51.2 Å². The zero-order chi connectivity index (χ0) is 30.1. The largest absolute Gasteiger partial charge is 0.475 e. The molecule has 0 unspecified atom stereocenters. The molecule has 3 aliphatic rings. The number of aromatic amines is 1. The van der Waals surface area contributed by atoms with Gasteiger partial charge in [-0.1, -0.05) is 18.7 Å². The first-order valence-electron chi connectivity index (χ1n) is 14.9. The molecule has 222 valence electrons. The predicted octanol–water partition coefficient (Wildman–Crippen LogP) is 3.29. The summed E-state index contributed by atoms with van der Waals surface area (Å²) in [5.41, 5.74) is 6.43. The Balaban J connectivity index is 1.40. The summed E-state index contributed by atoms with van der Waals surface area (Å²) in [5.74, 6) is 0.178. The number of carbonyl (C=O) groups is 1. The highest BCUT2D eigenvalue weighted by atomic mass is 16.5. The van der Waals surface area contributed by atoms with Crippen molar-refractivity contribution in [1.82, 2.24) is 25.0 Å². The number of H-pyrrole nitrogens is 1. The van der Waals surface area contributed by atoms with Crippen molar-refractivity contribution in [3.05, 3.63) is 53.4 Å². The summed E-state index contributed by atoms with van der Waals surface area (Å²) in [6.45, 7) is 9.97. The van der Waals surface area contributed by atoms with Crippen LogP contribution in [-0.2, 0) is 17.8 Å². The van der Waals surface area contributed by atoms with Crippen molar-refractivity contribution in [2.75, 3.05) is 56.2 Å². The third kappa shape index (κ3) is 5.26. The number of pyridine rings is 1. The van der Waals surface area contributed by atoms with Crippen molar-refractivity contribution in [1.29, 1.82) is 10.5 Å². The maximum Gasteiger partial charge on any atom is 0.246 e. The first kappa shape index (κ1) is 28.5. The number of benzene rings is 1. The molecule has 3 aromatic rings. The van der Waals surface area contributed by atoms with E-state index in [2.05, 4.69) is 69.7 Å². The number of amides is 1. The smallest absolute Gasteiger partial charge is 0.246 e. The molecule has 1 N–H and O–H groups in total. The molecule has 1 amide bonds. The van der Waals surface area contributed by atoms with Crippen LogP contribution in [0.25, 0.3) is 10.9 Å². The van der Waals surface area contributed by atoms with Crippen LogP contribution < -0.4 is 14.5 Å². The highest BCUT2D eigenvalue weighted by Crippen LogP contribution is 2.40. The fourth-order valence-corrected chi connectivity index (χ4v) is 6.90. The second-order valence-corrected chi connectivity index (χ2v) is 11.7. The highest BCUT2D eigenvalue weighted by molar-refractivity contribution is 5.92. The van der Waals surface area contributed by atoms with Crippen LogP contribution >= 0.6 is 0 Å². The number of rotatable bonds is 7. The van der Waals surface area contributed by atoms with Gasteiger partial charge < -0.3 is 24.3 Å². The quantitative estimate of drug-likeness (QED) is 0.419. The second-order valence-electron chi connectivity index (χ2n) is 11.7. The highest BCUT2D eigenvalue weighted by Gasteiger charge is 2.35. The molecule has 2 saturated heterocycles. The number of fused-ring (bicyclic) bond motifs is 2. The lowest BCUT2D eigenvalue weighted by molar-refractivity contribution is -0.128. The van der Waals surface area contributed by atoms with E-state index in [4.69, 9.17) is 9.72 Å². The summed E-state index contributed by atoms with van der Waals surface area (Å²) in [6, 6.07) is 8.83. The van der Waals surface area contributed by atoms with Crippen molar-refractivity contribution < 1.29 is 9.53 Å². The summed E-state index contributed by atoms with van der Waals surface area (Å²) in [7, 11) is 2.10. The van der Waals surface area contributed by atoms with Gasteiger partial charge in [0.15, 0.2) is 0 Å². The summed E-state index contributed by atoms with van der Waals surface area (Å²) < 4.78 is 6.39. The number of carbonyl (C=O) groups excluding carboxylic acids is 1. The molecule has 2 fully saturated rings. The Labute approximate surface area is 251 Å². The molecule has 3 aliphatic heterocycles. The summed E-state index contributed by atoms with van der Waals surface area (Å²) in [4.78, 5) is 26.1. The molecule has 11 nitrogen and oxygen atoms in total. The third-order valence-corrected chi connectivity index (χ3v) is 9.18. The standard InChI is InChI=1S/C32H37N9O2/c1-4-28(42)41-15-14-40(18-23(41)9-11-33)31-25-10-13-39(30-21(2)7-8-22-17-35-37-29(22)30)19-27(25)36-32(26(31)16-34)43-20-24-6-5-12-38(24)3/h4,7-8,17,23-24H,1,5-6,9-10,12-15,18-20H2,2-3H3,(H,35,37)/t23-,24-/m0/s1. The van der Waals surface area contributed by atoms with E-state index in [9.17, 15) is 15.3 Å². The minimum Gasteiger partial charge on any atom is -0.475 e. The Bertz CT molecular complexity index is 1630. The summed E-state index contributed by atoms with van der Waals surface area (Å²) in [5, 5.41) is 28.6. The van der Waals surface area contributed by atoms with Gasteiger partial charge in [-0.25, -0.2) is 4.98 Å². The van der Waals surface area contributed by atoms with E-state index in [0.29, 0.717) is 50.7 Å². The van der Waals surface area contributed by atoms with Crippen molar-refractivity contribution in [3.63, 3.8) is 0 Å². The van der Waals surface area contributed by atoms with Crippen LogP contribution in [0.4, 0.5) is 11.4 Å². The predicted molar refractivity (Wildman–Crippen MR) is 164 cm³/mol. The van der Waals surface area contributed by atoms with E-state index in [1.54, 1.807) is 4.90 Å². The molecule has 6 rings (SSSR count). The summed E-state index contributed by atoms with van der Waals surface area (Å²) in [6.07, 6.45) is 6.21. The topological polar surface area (TPSA) is 128 Å². The average Bonchev–Trinajstić information content (AvgIpc) is 3.67. The molecule has 0 aliphatic carbocycles. The first-order valence-corrected chi connectivity index (χ1v) is 14.9. The number of nitrogens with zero attached hydrogens (tertiary/aromatic N) is 8. The zero-order valence-electron chi connectivity index (χ0n) is 24.8. The van der Waals surface area contributed by atoms with E-state index in [1.165, 1.54) is 6.08 Å². The van der Waals surface area contributed by atoms with E-state index in [1.807, 2.05) is 6.20 Å². The van der Waals surface area contributed by atoms with Gasteiger partial charge in [0, 0.05) is 43.2 Å². The van der Waals surface area contributed by atoms with Gasteiger partial charge in [0.05, 0.1) is 53.9 Å². The van der Waals surface area contributed by atoms with Crippen LogP contribution in [0, 0.1) is 29.6 Å². The fraction of sp³-hybridized carbons (Fsp3) is 0.469. The van der Waals surface area contributed by atoms with Crippen LogP contribution in [0.5, 0.6) is 5.88 Å². The molecule has 0 radical (unpaired) electrons. The number of nitriles is 2. The van der Waals surface area contributed by atoms with Crippen LogP contribution in [0.15, 0.2) is 31.0 Å². The SMILES string of the molecule is C=CC(=O)N1CCN(c2c(C#N)c(OC[C@@H]3CCCN3C)nc3c2CCN(c2c(C)ccc4cn[nH]c24)C3)C[C@@H]1CC#N. The second kappa shape index (κ2) is 11.9. The van der Waals surface area contributed by atoms with E-state index >= 15 is 0 Å². The molecule has 43 heavy (non-hydrogen) atoms. The van der Waals surface area contributed by atoms with Crippen molar-refractivity contribution in [2.24, 2.45) is 0 Å². The van der Waals surface area contributed by atoms with Gasteiger partial charge in [-0.15, -0.1) is 0 Å². The van der Waals surface area contributed by atoms with Crippen LogP contribution in [-0.4, -0.2) is 89.4 Å². The Kier molecular flexibility index (Phi) is 7.92. The van der Waals surface area contributed by atoms with Gasteiger partial charge in [0.1, 0.15) is 18.2 Å². The number of nitrogens with one attached hydrogen (secondary N) is 1. The fourth-order valence-electron chi connectivity index (χ4n) is 6.90. The lowest BCUT2D eigenvalue weighted by atomic mass is 9.96. The van der Waals surface area contributed by atoms with Gasteiger partial charge in [-0.3, -0.25) is 9.89 Å². The Morgan fingerprint density at radius 3 is 2.79 bits per heavy atom. The maximum atomic E-state index is 12.6. The minimum atomic E-state index is -0.308. The maximum absolute atomic E-state index is 12.6. The Morgan fingerprint density at radius 1 is 1.19 bits per heavy atom. The van der Waals surface area contributed by atoms with Gasteiger partial charge in [0.25, 0.3) is 0 Å². The number of aromatic nitrogens is 3. The Hall–Kier alpha value is -4.61. The van der Waals surface area contributed by atoms with E-state index in [0.717, 1.165) is 65.0 Å². The van der Waals surface area contributed by atoms with Gasteiger partial charge >= 0.3 is 0 Å². The molecule has 2 atom stereocenters. The number of hydrogen-bond donors (Lipinski definition) is 1. The molecule has 5 heterocycles. The van der Waals surface area contributed by atoms with Crippen molar-refractivity contribution in [3.8, 4) is 18.0 Å². The Morgan fingerprint density at radius 2 is 2.05 bits per heavy atom. The van der Waals surface area contributed by atoms with Gasteiger partial charge in [0.2, 0.25) is 11.8 Å². The first-order chi connectivity index (χ1) is 20.9. The van der Waals surface area contributed by atoms with Crippen LogP contribution in [0.2, 0.25) is 0 Å². The van der Waals surface area contributed by atoms with Crippen molar-refractivity contribution >= 4 is 28.2 Å². The van der Waals surface area contributed by atoms with E-state index in [-0.39, 0.29) is 24.4 Å². The molecule has 0 bridgehead atoms. The lowest BCUT2D eigenvalue weighted by Gasteiger charge is -2.43. The number of likely N-dealkylation sites (N-methyl/N-ethyl adjacent to an activating group) is 1. The molecule has 0 saturated carbocycles. The zero-order valence-corrected chi connectivity index (χ0v) is 24.8. The molecule has 0 spiro atoms. The lowest BCUT2D eigenvalue weighted by Crippen LogP contribution is -2.55. The molecule has 2 aromatic heterocycles. The summed E-state index contributed by atoms with van der Waals surface area (Å²) >= 11 is 0. The third-order valence-electron chi connectivity index (χ3n) is 9.18. The molecular weight excluding hydrogens is 542 g/mol. The number of aryl methyl sites for hydroxylation is 1. The number of piperazine rings is 1. The monoisotopic (exact) mass is 579 g/mol. The minimum absolute atomic E-state index is 0.180. The van der Waals surface area contributed by atoms with Crippen LogP contribution in [0.3, 0.4) is 0 Å². The number of likely N-dealkylation sites (tertiary alicyclic amines) is 1. The molecule has 11 heteroatoms. The normalized spacial score (nSPS) is 20.5. The van der Waals surface area contributed by atoms with E-state index < -0.39 is 0 Å². The number of ether oxygens (including phenoxy) is 1. The number of hydrogen-bond acceptors (Lipinski definition) is 9. The molecule has 1 aromatic carbocycles. The molecular formula is C32H37N9O2. The average molecular weight is 580 g/mol. The van der Waals surface area contributed by atoms with Crippen LogP contribution in [0.1, 0.15) is 41.6 Å². The number of anilines is 2. The van der Waals surface area contributed by atoms with Gasteiger partial charge in [-0.2, -0.15) is 15.6 Å². The van der Waals surface area contributed by atoms with Gasteiger partial charge in [-0.05, 0) is 51.4 Å².